The van der Waals surface area contributed by atoms with Crippen LogP contribution in [0.3, 0.4) is 0 Å². The normalized spacial score (nSPS) is 26.4. The van der Waals surface area contributed by atoms with Gasteiger partial charge in [-0.15, -0.1) is 11.6 Å². The Morgan fingerprint density at radius 2 is 1.88 bits per heavy atom. The van der Waals surface area contributed by atoms with Crippen molar-refractivity contribution in [2.45, 2.75) is 63.8 Å². The molecule has 2 rings (SSSR count). The second kappa shape index (κ2) is 6.63. The molecular weight excluding hydrogens is 234 g/mol. The molecule has 0 aromatic heterocycles. The van der Waals surface area contributed by atoms with Gasteiger partial charge in [0.1, 0.15) is 0 Å². The number of carbonyl (C=O) groups is 1. The van der Waals surface area contributed by atoms with Gasteiger partial charge < -0.3 is 4.90 Å². The van der Waals surface area contributed by atoms with Crippen molar-refractivity contribution in [1.29, 1.82) is 0 Å². The van der Waals surface area contributed by atoms with Gasteiger partial charge in [0, 0.05) is 24.9 Å². The summed E-state index contributed by atoms with van der Waals surface area (Å²) in [5, 5.41) is 0. The fourth-order valence-electron chi connectivity index (χ4n) is 3.47. The van der Waals surface area contributed by atoms with Gasteiger partial charge in [0.15, 0.2) is 0 Å². The molecule has 0 aromatic rings. The summed E-state index contributed by atoms with van der Waals surface area (Å²) in [4.78, 5) is 14.3. The van der Waals surface area contributed by atoms with Gasteiger partial charge in [0.25, 0.3) is 0 Å². The number of likely N-dealkylation sites (tertiary alicyclic amines) is 1. The molecule has 2 fully saturated rings. The zero-order chi connectivity index (χ0) is 12.1. The molecule has 1 atom stereocenters. The third kappa shape index (κ3) is 3.37. The summed E-state index contributed by atoms with van der Waals surface area (Å²) in [6.45, 7) is 0.988. The van der Waals surface area contributed by atoms with E-state index in [9.17, 15) is 4.79 Å². The summed E-state index contributed by atoms with van der Waals surface area (Å²) >= 11 is 5.67. The lowest BCUT2D eigenvalue weighted by Gasteiger charge is -2.34. The second-order valence-corrected chi connectivity index (χ2v) is 5.87. The van der Waals surface area contributed by atoms with Crippen molar-refractivity contribution >= 4 is 17.5 Å². The van der Waals surface area contributed by atoms with Crippen molar-refractivity contribution in [1.82, 2.24) is 4.90 Å². The lowest BCUT2D eigenvalue weighted by molar-refractivity contribution is -0.133. The zero-order valence-electron chi connectivity index (χ0n) is 10.7. The highest BCUT2D eigenvalue weighted by molar-refractivity contribution is 6.17. The molecule has 1 saturated carbocycles. The molecule has 1 amide bonds. The van der Waals surface area contributed by atoms with E-state index in [4.69, 9.17) is 11.6 Å². The summed E-state index contributed by atoms with van der Waals surface area (Å²) in [7, 11) is 0. The summed E-state index contributed by atoms with van der Waals surface area (Å²) in [6, 6.07) is 0.554. The smallest absolute Gasteiger partial charge is 0.222 e. The topological polar surface area (TPSA) is 20.3 Å². The number of halogens is 1. The van der Waals surface area contributed by atoms with E-state index in [0.717, 1.165) is 18.9 Å². The molecule has 2 nitrogen and oxygen atoms in total. The molecule has 1 aliphatic heterocycles. The Bertz CT molecular complexity index is 251. The van der Waals surface area contributed by atoms with Crippen molar-refractivity contribution in [2.75, 3.05) is 12.4 Å². The first-order valence-electron chi connectivity index (χ1n) is 7.18. The molecular formula is C14H24ClNO. The van der Waals surface area contributed by atoms with Crippen LogP contribution in [0, 0.1) is 5.92 Å². The molecule has 2 aliphatic rings. The highest BCUT2D eigenvalue weighted by atomic mass is 35.5. The van der Waals surface area contributed by atoms with E-state index in [1.165, 1.54) is 44.9 Å². The average Bonchev–Trinajstić information content (AvgIpc) is 2.86. The molecule has 1 aliphatic carbocycles. The predicted molar refractivity (Wildman–Crippen MR) is 71.3 cm³/mol. The van der Waals surface area contributed by atoms with Gasteiger partial charge in [-0.1, -0.05) is 19.3 Å². The van der Waals surface area contributed by atoms with Gasteiger partial charge in [0.05, 0.1) is 0 Å². The SMILES string of the molecule is O=C(CCCCl)N1CCCC1C1CCCCC1. The first-order chi connectivity index (χ1) is 8.33. The number of hydrogen-bond acceptors (Lipinski definition) is 1. The van der Waals surface area contributed by atoms with E-state index in [2.05, 4.69) is 4.90 Å². The number of amides is 1. The fraction of sp³-hybridized carbons (Fsp3) is 0.929. The molecule has 1 saturated heterocycles. The minimum atomic E-state index is 0.346. The summed E-state index contributed by atoms with van der Waals surface area (Å²) in [6.07, 6.45) is 10.7. The highest BCUT2D eigenvalue weighted by Crippen LogP contribution is 2.34. The third-order valence-corrected chi connectivity index (χ3v) is 4.61. The Labute approximate surface area is 110 Å². The molecule has 0 bridgehead atoms. The number of hydrogen-bond donors (Lipinski definition) is 0. The van der Waals surface area contributed by atoms with Gasteiger partial charge in [-0.05, 0) is 38.0 Å². The Morgan fingerprint density at radius 1 is 1.12 bits per heavy atom. The van der Waals surface area contributed by atoms with Crippen LogP contribution in [-0.4, -0.2) is 29.3 Å². The summed E-state index contributed by atoms with van der Waals surface area (Å²) < 4.78 is 0. The molecule has 17 heavy (non-hydrogen) atoms. The van der Waals surface area contributed by atoms with Gasteiger partial charge >= 0.3 is 0 Å². The lowest BCUT2D eigenvalue weighted by Crippen LogP contribution is -2.40. The fourth-order valence-corrected chi connectivity index (χ4v) is 3.61. The maximum Gasteiger partial charge on any atom is 0.222 e. The standard InChI is InChI=1S/C14H24ClNO/c15-10-4-9-14(17)16-11-5-8-13(16)12-6-2-1-3-7-12/h12-13H,1-11H2. The molecule has 0 N–H and O–H groups in total. The third-order valence-electron chi connectivity index (χ3n) is 4.34. The minimum absolute atomic E-state index is 0.346. The van der Waals surface area contributed by atoms with Crippen LogP contribution in [0.4, 0.5) is 0 Å². The van der Waals surface area contributed by atoms with Crippen molar-refractivity contribution in [3.05, 3.63) is 0 Å². The minimum Gasteiger partial charge on any atom is -0.339 e. The zero-order valence-corrected chi connectivity index (χ0v) is 11.4. The van der Waals surface area contributed by atoms with E-state index < -0.39 is 0 Å². The molecule has 98 valence electrons. The van der Waals surface area contributed by atoms with Crippen LogP contribution in [0.15, 0.2) is 0 Å². The Hall–Kier alpha value is -0.240. The Kier molecular flexibility index (Phi) is 5.15. The Balaban J connectivity index is 1.89. The van der Waals surface area contributed by atoms with E-state index in [0.29, 0.717) is 24.2 Å². The van der Waals surface area contributed by atoms with Crippen LogP contribution in [0.5, 0.6) is 0 Å². The van der Waals surface area contributed by atoms with Gasteiger partial charge in [-0.25, -0.2) is 0 Å². The summed E-state index contributed by atoms with van der Waals surface area (Å²) in [5.74, 6) is 1.73. The maximum absolute atomic E-state index is 12.1. The van der Waals surface area contributed by atoms with Crippen LogP contribution in [0.2, 0.25) is 0 Å². The summed E-state index contributed by atoms with van der Waals surface area (Å²) in [5.41, 5.74) is 0. The number of nitrogens with zero attached hydrogens (tertiary/aromatic N) is 1. The van der Waals surface area contributed by atoms with E-state index in [-0.39, 0.29) is 0 Å². The molecule has 0 aromatic carbocycles. The first-order valence-corrected chi connectivity index (χ1v) is 7.72. The Morgan fingerprint density at radius 3 is 2.59 bits per heavy atom. The second-order valence-electron chi connectivity index (χ2n) is 5.49. The molecule has 0 spiro atoms. The van der Waals surface area contributed by atoms with Crippen molar-refractivity contribution in [2.24, 2.45) is 5.92 Å². The van der Waals surface area contributed by atoms with Crippen LogP contribution >= 0.6 is 11.6 Å². The number of alkyl halides is 1. The van der Waals surface area contributed by atoms with Crippen LogP contribution < -0.4 is 0 Å². The largest absolute Gasteiger partial charge is 0.339 e. The van der Waals surface area contributed by atoms with E-state index in [1.54, 1.807) is 0 Å². The van der Waals surface area contributed by atoms with E-state index >= 15 is 0 Å². The van der Waals surface area contributed by atoms with Gasteiger partial charge in [-0.2, -0.15) is 0 Å². The van der Waals surface area contributed by atoms with Gasteiger partial charge in [0.2, 0.25) is 5.91 Å². The first kappa shape index (κ1) is 13.2. The maximum atomic E-state index is 12.1. The van der Waals surface area contributed by atoms with E-state index in [1.807, 2.05) is 0 Å². The quantitative estimate of drug-likeness (QED) is 0.705. The molecule has 3 heteroatoms. The molecule has 0 radical (unpaired) electrons. The highest BCUT2D eigenvalue weighted by Gasteiger charge is 2.34. The van der Waals surface area contributed by atoms with Crippen LogP contribution in [-0.2, 0) is 4.79 Å². The molecule has 1 unspecified atom stereocenters. The number of carbonyl (C=O) groups excluding carboxylic acids is 1. The van der Waals surface area contributed by atoms with Crippen molar-refractivity contribution in [3.63, 3.8) is 0 Å². The van der Waals surface area contributed by atoms with Crippen LogP contribution in [0.1, 0.15) is 57.8 Å². The van der Waals surface area contributed by atoms with Crippen LogP contribution in [0.25, 0.3) is 0 Å². The number of rotatable bonds is 4. The predicted octanol–water partition coefficient (Wildman–Crippen LogP) is 3.58. The van der Waals surface area contributed by atoms with Gasteiger partial charge in [-0.3, -0.25) is 4.79 Å². The van der Waals surface area contributed by atoms with Crippen molar-refractivity contribution in [3.8, 4) is 0 Å². The average molecular weight is 258 g/mol. The lowest BCUT2D eigenvalue weighted by atomic mass is 9.83. The van der Waals surface area contributed by atoms with Crippen molar-refractivity contribution < 1.29 is 4.79 Å². The monoisotopic (exact) mass is 257 g/mol. The molecule has 1 heterocycles.